The molecule has 322 valence electrons. The Kier molecular flexibility index (Phi) is 14.5. The molecule has 1 aromatic rings. The number of rotatable bonds is 20. The summed E-state index contributed by atoms with van der Waals surface area (Å²) in [6.45, 7) is 20.4. The van der Waals surface area contributed by atoms with Crippen LogP contribution >= 0.6 is 0 Å². The quantitative estimate of drug-likeness (QED) is 0.0715. The molecule has 10 heteroatoms. The van der Waals surface area contributed by atoms with Crippen molar-refractivity contribution in [2.75, 3.05) is 26.4 Å². The van der Waals surface area contributed by atoms with Gasteiger partial charge in [0.2, 0.25) is 0 Å². The summed E-state index contributed by atoms with van der Waals surface area (Å²) in [7, 11) is 0. The lowest BCUT2D eigenvalue weighted by molar-refractivity contribution is -0.155. The van der Waals surface area contributed by atoms with Gasteiger partial charge >= 0.3 is 23.9 Å². The third-order valence-electron chi connectivity index (χ3n) is 13.4. The highest BCUT2D eigenvalue weighted by molar-refractivity contribution is 5.88. The van der Waals surface area contributed by atoms with Crippen molar-refractivity contribution < 1.29 is 47.6 Å². The van der Waals surface area contributed by atoms with E-state index in [9.17, 15) is 19.2 Å². The molecule has 59 heavy (non-hydrogen) atoms. The van der Waals surface area contributed by atoms with Gasteiger partial charge in [0, 0.05) is 33.9 Å². The number of benzene rings is 1. The molecule has 6 aliphatic rings. The first kappa shape index (κ1) is 44.2. The van der Waals surface area contributed by atoms with E-state index in [0.29, 0.717) is 35.2 Å². The van der Waals surface area contributed by atoms with Crippen molar-refractivity contribution in [3.05, 3.63) is 71.9 Å². The van der Waals surface area contributed by atoms with Crippen LogP contribution in [0.25, 0.3) is 0 Å². The maximum atomic E-state index is 12.8. The molecule has 0 radical (unpaired) electrons. The first-order valence-corrected chi connectivity index (χ1v) is 21.9. The summed E-state index contributed by atoms with van der Waals surface area (Å²) < 4.78 is 35.7. The number of fused-ring (bicyclic) bond motifs is 2. The Morgan fingerprint density at radius 1 is 0.593 bits per heavy atom. The van der Waals surface area contributed by atoms with Crippen molar-refractivity contribution in [1.82, 2.24) is 0 Å². The van der Waals surface area contributed by atoms with Crippen LogP contribution in [-0.4, -0.2) is 62.5 Å². The first-order chi connectivity index (χ1) is 28.1. The van der Waals surface area contributed by atoms with Crippen molar-refractivity contribution in [2.24, 2.45) is 35.5 Å². The number of aryl methyl sites for hydroxylation is 1. The molecule has 4 unspecified atom stereocenters. The molecule has 6 aliphatic carbocycles. The largest absolute Gasteiger partial charge is 0.489 e. The van der Waals surface area contributed by atoms with Crippen LogP contribution in [0.3, 0.4) is 0 Å². The lowest BCUT2D eigenvalue weighted by Crippen LogP contribution is -2.48. The van der Waals surface area contributed by atoms with Crippen molar-refractivity contribution in [3.8, 4) is 11.5 Å². The predicted octanol–water partition coefficient (Wildman–Crippen LogP) is 9.28. The smallest absolute Gasteiger partial charge is 0.333 e. The van der Waals surface area contributed by atoms with Gasteiger partial charge in [-0.2, -0.15) is 0 Å². The van der Waals surface area contributed by atoms with Gasteiger partial charge < -0.3 is 28.4 Å². The van der Waals surface area contributed by atoms with E-state index in [1.165, 1.54) is 57.8 Å². The van der Waals surface area contributed by atoms with Crippen molar-refractivity contribution >= 4 is 23.9 Å². The molecule has 0 spiro atoms. The minimum atomic E-state index is -0.922. The lowest BCUT2D eigenvalue weighted by Gasteiger charge is -2.57. The Bertz CT molecular complexity index is 1760. The fraction of sp³-hybridized carbons (Fsp3) is 0.633. The van der Waals surface area contributed by atoms with Crippen LogP contribution in [0, 0.1) is 35.5 Å². The van der Waals surface area contributed by atoms with E-state index >= 15 is 0 Å². The number of carbonyl (C=O) groups excluding carboxylic acids is 4. The molecule has 4 atom stereocenters. The second-order valence-corrected chi connectivity index (χ2v) is 18.9. The van der Waals surface area contributed by atoms with Crippen LogP contribution in [0.5, 0.6) is 11.5 Å². The average Bonchev–Trinajstić information content (AvgIpc) is 3.17. The molecular weight excluding hydrogens is 749 g/mol. The summed E-state index contributed by atoms with van der Waals surface area (Å²) in [6.07, 6.45) is 15.0. The van der Waals surface area contributed by atoms with Gasteiger partial charge in [-0.05, 0) is 151 Å². The standard InChI is InChI=1S/C49H66O10/c1-29(2)45(50)56-27-40(58-47(52)31(5)6)25-54-43-21-44(55-26-41(59-48(53)32(7)8)28-57-46(51)30(3)4)42(49-22-36-17-37(23-49)19-38(18-36)24-49)20-39(43)13-12-35-15-33-10-9-11-34(14-33)16-35/h20-21,33-38,40-41H,1,3,5,7,9-19,22-28H2,2,4,6,8H3. The Labute approximate surface area is 351 Å². The van der Waals surface area contributed by atoms with Crippen LogP contribution in [0.1, 0.15) is 122 Å². The summed E-state index contributed by atoms with van der Waals surface area (Å²) in [5, 5.41) is 0. The Balaban J connectivity index is 1.35. The van der Waals surface area contributed by atoms with E-state index in [1.807, 2.05) is 6.07 Å². The van der Waals surface area contributed by atoms with Crippen LogP contribution in [0.2, 0.25) is 0 Å². The van der Waals surface area contributed by atoms with Crippen LogP contribution < -0.4 is 9.47 Å². The monoisotopic (exact) mass is 814 g/mol. The fourth-order valence-electron chi connectivity index (χ4n) is 11.1. The molecule has 10 nitrogen and oxygen atoms in total. The van der Waals surface area contributed by atoms with Crippen LogP contribution in [-0.2, 0) is 50.0 Å². The normalized spacial score (nSPS) is 27.4. The number of ether oxygens (including phenoxy) is 6. The highest BCUT2D eigenvalue weighted by atomic mass is 16.6. The van der Waals surface area contributed by atoms with Crippen LogP contribution in [0.4, 0.5) is 0 Å². The van der Waals surface area contributed by atoms with Gasteiger partial charge in [-0.15, -0.1) is 0 Å². The molecule has 7 rings (SSSR count). The minimum Gasteiger partial charge on any atom is -0.489 e. The Hall–Kier alpha value is -4.34. The summed E-state index contributed by atoms with van der Waals surface area (Å²) in [6, 6.07) is 4.27. The number of carbonyl (C=O) groups is 4. The van der Waals surface area contributed by atoms with Crippen molar-refractivity contribution in [3.63, 3.8) is 0 Å². The topological polar surface area (TPSA) is 124 Å². The zero-order valence-corrected chi connectivity index (χ0v) is 35.9. The molecule has 0 heterocycles. The molecule has 0 N–H and O–H groups in total. The lowest BCUT2D eigenvalue weighted by atomic mass is 9.48. The van der Waals surface area contributed by atoms with Crippen molar-refractivity contribution in [1.29, 1.82) is 0 Å². The summed E-state index contributed by atoms with van der Waals surface area (Å²) in [5.41, 5.74) is 3.06. The van der Waals surface area contributed by atoms with Crippen LogP contribution in [0.15, 0.2) is 60.7 Å². The fourth-order valence-corrected chi connectivity index (χ4v) is 11.1. The molecular formula is C49H66O10. The van der Waals surface area contributed by atoms with E-state index in [4.69, 9.17) is 28.4 Å². The Morgan fingerprint density at radius 3 is 1.49 bits per heavy atom. The second-order valence-electron chi connectivity index (χ2n) is 18.9. The van der Waals surface area contributed by atoms with Gasteiger partial charge in [0.05, 0.1) is 0 Å². The third kappa shape index (κ3) is 11.5. The molecule has 6 bridgehead atoms. The number of hydrogen-bond donors (Lipinski definition) is 0. The maximum absolute atomic E-state index is 12.8. The maximum Gasteiger partial charge on any atom is 0.333 e. The van der Waals surface area contributed by atoms with E-state index in [2.05, 4.69) is 32.4 Å². The van der Waals surface area contributed by atoms with E-state index in [-0.39, 0.29) is 54.1 Å². The molecule has 0 aromatic heterocycles. The number of hydrogen-bond acceptors (Lipinski definition) is 10. The zero-order valence-electron chi connectivity index (χ0n) is 35.9. The summed E-state index contributed by atoms with van der Waals surface area (Å²) >= 11 is 0. The number of esters is 4. The SMILES string of the molecule is C=C(C)C(=O)OCC(COc1cc(OCC(COC(=O)C(=C)C)OC(=O)C(=C)C)c(C23CC4CC(CC(C4)C2)C3)cc1CCC1CC2CCCC(C2)C1)OC(=O)C(=C)C. The van der Waals surface area contributed by atoms with E-state index in [0.717, 1.165) is 55.1 Å². The summed E-state index contributed by atoms with van der Waals surface area (Å²) in [5.74, 6) is 3.10. The van der Waals surface area contributed by atoms with Gasteiger partial charge in [0.15, 0.2) is 12.2 Å². The Morgan fingerprint density at radius 2 is 1.03 bits per heavy atom. The molecule has 0 amide bonds. The van der Waals surface area contributed by atoms with Gasteiger partial charge in [-0.25, -0.2) is 19.2 Å². The molecule has 0 aliphatic heterocycles. The van der Waals surface area contributed by atoms with Gasteiger partial charge in [-0.1, -0.05) is 45.6 Å². The molecule has 0 saturated heterocycles. The second kappa shape index (κ2) is 19.4. The van der Waals surface area contributed by atoms with E-state index < -0.39 is 36.1 Å². The molecule has 6 saturated carbocycles. The minimum absolute atomic E-state index is 0.0637. The predicted molar refractivity (Wildman–Crippen MR) is 225 cm³/mol. The third-order valence-corrected chi connectivity index (χ3v) is 13.4. The summed E-state index contributed by atoms with van der Waals surface area (Å²) in [4.78, 5) is 50.3. The zero-order chi connectivity index (χ0) is 42.4. The van der Waals surface area contributed by atoms with E-state index in [1.54, 1.807) is 27.7 Å². The average molecular weight is 815 g/mol. The molecule has 1 aromatic carbocycles. The van der Waals surface area contributed by atoms with Gasteiger partial charge in [0.25, 0.3) is 0 Å². The molecule has 6 fully saturated rings. The van der Waals surface area contributed by atoms with Gasteiger partial charge in [0.1, 0.15) is 37.9 Å². The van der Waals surface area contributed by atoms with Crippen molar-refractivity contribution in [2.45, 2.75) is 135 Å². The first-order valence-electron chi connectivity index (χ1n) is 21.9. The highest BCUT2D eigenvalue weighted by Crippen LogP contribution is 2.62. The highest BCUT2D eigenvalue weighted by Gasteiger charge is 2.53. The van der Waals surface area contributed by atoms with Gasteiger partial charge in [-0.3, -0.25) is 0 Å².